The molecule has 0 aromatic heterocycles. The van der Waals surface area contributed by atoms with Gasteiger partial charge in [0, 0.05) is 24.8 Å². The summed E-state index contributed by atoms with van der Waals surface area (Å²) in [4.78, 5) is 5.13. The lowest BCUT2D eigenvalue weighted by molar-refractivity contribution is 0.537. The lowest BCUT2D eigenvalue weighted by Gasteiger charge is -2.24. The number of guanidine groups is 1. The summed E-state index contributed by atoms with van der Waals surface area (Å²) >= 11 is 0. The number of aliphatic imine (C=N–C) groups is 1. The van der Waals surface area contributed by atoms with Gasteiger partial charge in [-0.3, -0.25) is 4.99 Å². The molecule has 0 bridgehead atoms. The van der Waals surface area contributed by atoms with Crippen molar-refractivity contribution >= 4 is 39.8 Å². The van der Waals surface area contributed by atoms with Crippen LogP contribution in [0.5, 0.6) is 0 Å². The molecule has 0 spiro atoms. The van der Waals surface area contributed by atoms with Gasteiger partial charge in [0.05, 0.1) is 11.4 Å². The number of aryl methyl sites for hydroxylation is 1. The molecule has 2 N–H and O–H groups in total. The predicted octanol–water partition coefficient (Wildman–Crippen LogP) is 4.09. The van der Waals surface area contributed by atoms with E-state index in [1.807, 2.05) is 19.1 Å². The van der Waals surface area contributed by atoms with Crippen molar-refractivity contribution in [1.82, 2.24) is 10.6 Å². The third-order valence-electron chi connectivity index (χ3n) is 4.83. The van der Waals surface area contributed by atoms with E-state index in [0.29, 0.717) is 11.4 Å². The molecule has 7 heteroatoms. The molecule has 166 valence electrons. The molecule has 0 aliphatic heterocycles. The van der Waals surface area contributed by atoms with Crippen molar-refractivity contribution in [2.24, 2.45) is 4.99 Å². The number of nitrogens with one attached hydrogen (secondary N) is 2. The third kappa shape index (κ3) is 8.26. The average molecular weight is 544 g/mol. The van der Waals surface area contributed by atoms with Gasteiger partial charge >= 0.3 is 0 Å². The lowest BCUT2D eigenvalue weighted by Crippen LogP contribution is -2.39. The molecular formula is C23H34IN3O2S. The fraction of sp³-hybridized carbons (Fsp3) is 0.435. The molecule has 0 unspecified atom stereocenters. The van der Waals surface area contributed by atoms with Gasteiger partial charge in [-0.1, -0.05) is 55.8 Å². The van der Waals surface area contributed by atoms with Crippen molar-refractivity contribution in [3.05, 3.63) is 65.2 Å². The summed E-state index contributed by atoms with van der Waals surface area (Å²) in [6.45, 7) is 10.8. The summed E-state index contributed by atoms with van der Waals surface area (Å²) in [5.41, 5.74) is 3.56. The van der Waals surface area contributed by atoms with Crippen LogP contribution in [0.1, 0.15) is 37.5 Å². The van der Waals surface area contributed by atoms with Crippen LogP contribution in [0.25, 0.3) is 0 Å². The zero-order valence-corrected chi connectivity index (χ0v) is 21.7. The maximum Gasteiger partial charge on any atom is 0.191 e. The van der Waals surface area contributed by atoms with Crippen molar-refractivity contribution in [2.75, 3.05) is 25.9 Å². The van der Waals surface area contributed by atoms with Gasteiger partial charge in [0.25, 0.3) is 0 Å². The number of benzene rings is 2. The molecule has 0 heterocycles. The van der Waals surface area contributed by atoms with Gasteiger partial charge in [-0.2, -0.15) is 0 Å². The van der Waals surface area contributed by atoms with Crippen LogP contribution < -0.4 is 10.6 Å². The van der Waals surface area contributed by atoms with Crippen LogP contribution in [-0.4, -0.2) is 40.3 Å². The summed E-state index contributed by atoms with van der Waals surface area (Å²) in [5, 5.41) is 6.66. The summed E-state index contributed by atoms with van der Waals surface area (Å²) in [7, 11) is -3.15. The second-order valence-electron chi connectivity index (χ2n) is 8.04. The van der Waals surface area contributed by atoms with Crippen molar-refractivity contribution in [3.63, 3.8) is 0 Å². The fourth-order valence-corrected chi connectivity index (χ4v) is 3.63. The molecule has 0 atom stereocenters. The van der Waals surface area contributed by atoms with Crippen molar-refractivity contribution < 1.29 is 8.42 Å². The topological polar surface area (TPSA) is 70.6 Å². The molecule has 0 radical (unpaired) electrons. The molecule has 2 aromatic rings. The van der Waals surface area contributed by atoms with Crippen LogP contribution in [-0.2, 0) is 21.7 Å². The quantitative estimate of drug-likeness (QED) is 0.299. The van der Waals surface area contributed by atoms with Crippen molar-refractivity contribution in [1.29, 1.82) is 0 Å². The Morgan fingerprint density at radius 3 is 2.30 bits per heavy atom. The number of rotatable bonds is 8. The fourth-order valence-electron chi connectivity index (χ4n) is 3.00. The Labute approximate surface area is 198 Å². The highest BCUT2D eigenvalue weighted by atomic mass is 127. The molecule has 2 aromatic carbocycles. The van der Waals surface area contributed by atoms with E-state index in [1.54, 1.807) is 12.1 Å². The van der Waals surface area contributed by atoms with Crippen molar-refractivity contribution in [2.45, 2.75) is 44.4 Å². The minimum absolute atomic E-state index is 0. The van der Waals surface area contributed by atoms with E-state index in [0.717, 1.165) is 31.0 Å². The van der Waals surface area contributed by atoms with Gasteiger partial charge in [-0.25, -0.2) is 8.42 Å². The zero-order chi connectivity index (χ0) is 21.5. The van der Waals surface area contributed by atoms with Crippen LogP contribution in [0.3, 0.4) is 0 Å². The monoisotopic (exact) mass is 543 g/mol. The number of halogens is 1. The minimum Gasteiger partial charge on any atom is -0.357 e. The molecule has 0 fully saturated rings. The predicted molar refractivity (Wildman–Crippen MR) is 137 cm³/mol. The number of hydrogen-bond donors (Lipinski definition) is 2. The minimum atomic E-state index is -3.15. The molecule has 0 amide bonds. The summed E-state index contributed by atoms with van der Waals surface area (Å²) in [6, 6.07) is 15.6. The Morgan fingerprint density at radius 1 is 1.07 bits per heavy atom. The normalized spacial score (nSPS) is 12.2. The molecular weight excluding hydrogens is 509 g/mol. The van der Waals surface area contributed by atoms with E-state index >= 15 is 0 Å². The molecule has 30 heavy (non-hydrogen) atoms. The third-order valence-corrected chi connectivity index (χ3v) is 5.96. The van der Waals surface area contributed by atoms with E-state index in [2.05, 4.69) is 55.7 Å². The van der Waals surface area contributed by atoms with Crippen LogP contribution in [0, 0.1) is 6.92 Å². The molecule has 2 rings (SSSR count). The molecule has 0 aliphatic carbocycles. The van der Waals surface area contributed by atoms with Crippen LogP contribution in [0.2, 0.25) is 0 Å². The summed E-state index contributed by atoms with van der Waals surface area (Å²) in [5.74, 6) is 0.793. The van der Waals surface area contributed by atoms with Crippen LogP contribution in [0.4, 0.5) is 0 Å². The molecule has 5 nitrogen and oxygen atoms in total. The first-order valence-electron chi connectivity index (χ1n) is 10.00. The smallest absolute Gasteiger partial charge is 0.191 e. The van der Waals surface area contributed by atoms with Crippen LogP contribution in [0.15, 0.2) is 58.4 Å². The van der Waals surface area contributed by atoms with Gasteiger partial charge in [0.1, 0.15) is 0 Å². The number of nitrogens with zero attached hydrogens (tertiary/aromatic N) is 1. The molecule has 0 aliphatic rings. The Bertz CT molecular complexity index is 939. The highest BCUT2D eigenvalue weighted by Crippen LogP contribution is 2.24. The first-order chi connectivity index (χ1) is 13.6. The van der Waals surface area contributed by atoms with Gasteiger partial charge < -0.3 is 10.6 Å². The molecule has 0 saturated heterocycles. The second kappa shape index (κ2) is 11.7. The van der Waals surface area contributed by atoms with Crippen LogP contribution >= 0.6 is 24.0 Å². The van der Waals surface area contributed by atoms with Gasteiger partial charge in [-0.05, 0) is 43.5 Å². The van der Waals surface area contributed by atoms with E-state index in [-0.39, 0.29) is 29.4 Å². The highest BCUT2D eigenvalue weighted by Gasteiger charge is 2.20. The standard InChI is InChI=1S/C23H33N3O2S.HI/c1-6-24-22(26-17-23(3,4)20-9-7-8-18(2)16-20)25-15-14-19-10-12-21(13-11-19)29(5,27)28;/h7-13,16H,6,14-15,17H2,1-5H3,(H2,24,25,26);1H. The molecule has 0 saturated carbocycles. The van der Waals surface area contributed by atoms with E-state index in [1.165, 1.54) is 17.4 Å². The maximum atomic E-state index is 11.6. The Morgan fingerprint density at radius 2 is 1.73 bits per heavy atom. The van der Waals surface area contributed by atoms with Crippen molar-refractivity contribution in [3.8, 4) is 0 Å². The van der Waals surface area contributed by atoms with E-state index < -0.39 is 9.84 Å². The SMILES string of the molecule is CCNC(=NCC(C)(C)c1cccc(C)c1)NCCc1ccc(S(C)(=O)=O)cc1.I. The lowest BCUT2D eigenvalue weighted by atomic mass is 9.84. The largest absolute Gasteiger partial charge is 0.357 e. The highest BCUT2D eigenvalue weighted by molar-refractivity contribution is 14.0. The summed E-state index contributed by atoms with van der Waals surface area (Å²) < 4.78 is 23.1. The number of hydrogen-bond acceptors (Lipinski definition) is 3. The first kappa shape index (κ1) is 26.4. The Kier molecular flexibility index (Phi) is 10.3. The summed E-state index contributed by atoms with van der Waals surface area (Å²) in [6.07, 6.45) is 2.01. The number of sulfone groups is 1. The average Bonchev–Trinajstić information content (AvgIpc) is 2.66. The second-order valence-corrected chi connectivity index (χ2v) is 10.1. The maximum absolute atomic E-state index is 11.6. The Balaban J connectivity index is 0.00000450. The Hall–Kier alpha value is -1.61. The van der Waals surface area contributed by atoms with Gasteiger partial charge in [0.15, 0.2) is 15.8 Å². The zero-order valence-electron chi connectivity index (χ0n) is 18.5. The van der Waals surface area contributed by atoms with Gasteiger partial charge in [-0.15, -0.1) is 24.0 Å². The van der Waals surface area contributed by atoms with E-state index in [9.17, 15) is 8.42 Å². The van der Waals surface area contributed by atoms with E-state index in [4.69, 9.17) is 4.99 Å². The first-order valence-corrected chi connectivity index (χ1v) is 11.9. The van der Waals surface area contributed by atoms with Gasteiger partial charge in [0.2, 0.25) is 0 Å².